The molecule has 1 aliphatic rings. The highest BCUT2D eigenvalue weighted by atomic mass is 32.2. The van der Waals surface area contributed by atoms with Crippen LogP contribution in [-0.2, 0) is 0 Å². The van der Waals surface area contributed by atoms with E-state index in [4.69, 9.17) is 11.1 Å². The van der Waals surface area contributed by atoms with Gasteiger partial charge in [-0.2, -0.15) is 0 Å². The first-order valence-electron chi connectivity index (χ1n) is 7.96. The SMILES string of the molecule is N=C(N)SCCCCCCCCCCC[C]1[CH][CH][CH][CH]1. The average Bonchev–Trinajstić information content (AvgIpc) is 2.93. The van der Waals surface area contributed by atoms with Gasteiger partial charge in [-0.25, -0.2) is 0 Å². The van der Waals surface area contributed by atoms with E-state index < -0.39 is 0 Å². The van der Waals surface area contributed by atoms with Crippen molar-refractivity contribution in [3.8, 4) is 0 Å². The number of nitrogens with one attached hydrogen (secondary N) is 1. The van der Waals surface area contributed by atoms with Gasteiger partial charge in [-0.15, -0.1) is 0 Å². The number of amidine groups is 1. The molecule has 0 heterocycles. The molecule has 20 heavy (non-hydrogen) atoms. The van der Waals surface area contributed by atoms with Crippen molar-refractivity contribution in [2.24, 2.45) is 5.73 Å². The standard InChI is InChI=1S/C17H29N2S/c18-17(19)20-15-11-7-5-3-1-2-4-6-8-12-16-13-9-10-14-16/h9-10,13-14H,1-8,11-12,15H2,(H3,18,19). The predicted molar refractivity (Wildman–Crippen MR) is 91.0 cm³/mol. The molecule has 5 radical (unpaired) electrons. The maximum Gasteiger partial charge on any atom is 0.151 e. The van der Waals surface area contributed by atoms with Gasteiger partial charge in [0.15, 0.2) is 5.17 Å². The van der Waals surface area contributed by atoms with E-state index >= 15 is 0 Å². The number of unbranched alkanes of at least 4 members (excludes halogenated alkanes) is 8. The lowest BCUT2D eigenvalue weighted by Crippen LogP contribution is -2.04. The monoisotopic (exact) mass is 293 g/mol. The second-order valence-corrected chi connectivity index (χ2v) is 6.57. The van der Waals surface area contributed by atoms with Crippen molar-refractivity contribution in [2.75, 3.05) is 5.75 Å². The van der Waals surface area contributed by atoms with Crippen molar-refractivity contribution in [2.45, 2.75) is 64.2 Å². The maximum atomic E-state index is 7.11. The van der Waals surface area contributed by atoms with Crippen LogP contribution in [0, 0.1) is 37.0 Å². The van der Waals surface area contributed by atoms with Gasteiger partial charge in [0.1, 0.15) is 0 Å². The summed E-state index contributed by atoms with van der Waals surface area (Å²) >= 11 is 1.47. The summed E-state index contributed by atoms with van der Waals surface area (Å²) in [5.74, 6) is 2.50. The summed E-state index contributed by atoms with van der Waals surface area (Å²) in [6.45, 7) is 0. The molecule has 3 N–H and O–H groups in total. The van der Waals surface area contributed by atoms with E-state index in [1.54, 1.807) is 0 Å². The van der Waals surface area contributed by atoms with Crippen LogP contribution < -0.4 is 5.73 Å². The Morgan fingerprint density at radius 3 is 1.90 bits per heavy atom. The molecule has 0 saturated heterocycles. The summed E-state index contributed by atoms with van der Waals surface area (Å²) in [5.41, 5.74) is 5.29. The molecule has 0 aromatic rings. The Labute approximate surface area is 130 Å². The number of nitrogens with two attached hydrogens (primary N) is 1. The summed E-state index contributed by atoms with van der Waals surface area (Å²) in [5, 5.41) is 7.36. The van der Waals surface area contributed by atoms with Gasteiger partial charge in [-0.3, -0.25) is 5.41 Å². The van der Waals surface area contributed by atoms with Crippen molar-refractivity contribution < 1.29 is 0 Å². The third kappa shape index (κ3) is 10.6. The van der Waals surface area contributed by atoms with Crippen LogP contribution in [0.4, 0.5) is 0 Å². The zero-order valence-electron chi connectivity index (χ0n) is 12.6. The Morgan fingerprint density at radius 2 is 1.35 bits per heavy atom. The van der Waals surface area contributed by atoms with Gasteiger partial charge in [-0.05, 0) is 44.4 Å². The number of rotatable bonds is 12. The van der Waals surface area contributed by atoms with Gasteiger partial charge < -0.3 is 5.73 Å². The Balaban J connectivity index is 1.69. The summed E-state index contributed by atoms with van der Waals surface area (Å²) in [4.78, 5) is 0. The molecule has 1 rings (SSSR count). The van der Waals surface area contributed by atoms with E-state index in [0.29, 0.717) is 0 Å². The van der Waals surface area contributed by atoms with Crippen LogP contribution in [0.2, 0.25) is 0 Å². The highest BCUT2D eigenvalue weighted by Crippen LogP contribution is 2.28. The second kappa shape index (κ2) is 12.6. The molecule has 0 bridgehead atoms. The fourth-order valence-electron chi connectivity index (χ4n) is 2.43. The van der Waals surface area contributed by atoms with Gasteiger partial charge in [-0.1, -0.05) is 63.1 Å². The van der Waals surface area contributed by atoms with Crippen molar-refractivity contribution in [1.29, 1.82) is 5.41 Å². The molecule has 0 aromatic heterocycles. The molecule has 113 valence electrons. The molecule has 0 spiro atoms. The lowest BCUT2D eigenvalue weighted by Gasteiger charge is -2.07. The molecule has 0 aliphatic heterocycles. The minimum Gasteiger partial charge on any atom is -0.379 e. The average molecular weight is 293 g/mol. The van der Waals surface area contributed by atoms with E-state index in [2.05, 4.69) is 25.7 Å². The molecular formula is C17H29N2S. The van der Waals surface area contributed by atoms with E-state index in [-0.39, 0.29) is 5.17 Å². The number of hydrogen-bond donors (Lipinski definition) is 2. The van der Waals surface area contributed by atoms with Gasteiger partial charge >= 0.3 is 0 Å². The first-order chi connectivity index (χ1) is 9.79. The molecule has 3 heteroatoms. The topological polar surface area (TPSA) is 49.9 Å². The van der Waals surface area contributed by atoms with Crippen molar-refractivity contribution >= 4 is 16.9 Å². The van der Waals surface area contributed by atoms with Gasteiger partial charge in [0.25, 0.3) is 0 Å². The van der Waals surface area contributed by atoms with Crippen LogP contribution in [0.5, 0.6) is 0 Å². The quantitative estimate of drug-likeness (QED) is 0.305. The fraction of sp³-hybridized carbons (Fsp3) is 0.647. The first-order valence-corrected chi connectivity index (χ1v) is 8.95. The second-order valence-electron chi connectivity index (χ2n) is 5.44. The highest BCUT2D eigenvalue weighted by Gasteiger charge is 2.15. The molecular weight excluding hydrogens is 264 g/mol. The zero-order chi connectivity index (χ0) is 14.5. The Hall–Kier alpha value is -0.180. The third-order valence-electron chi connectivity index (χ3n) is 3.60. The van der Waals surface area contributed by atoms with Crippen LogP contribution in [0.1, 0.15) is 64.2 Å². The predicted octanol–water partition coefficient (Wildman–Crippen LogP) is 4.92. The molecule has 1 aliphatic carbocycles. The van der Waals surface area contributed by atoms with Gasteiger partial charge in [0.2, 0.25) is 0 Å². The smallest absolute Gasteiger partial charge is 0.151 e. The summed E-state index contributed by atoms with van der Waals surface area (Å²) in [6.07, 6.45) is 22.0. The van der Waals surface area contributed by atoms with E-state index in [1.807, 2.05) is 0 Å². The van der Waals surface area contributed by atoms with E-state index in [0.717, 1.165) is 5.75 Å². The summed E-state index contributed by atoms with van der Waals surface area (Å²) < 4.78 is 0. The number of thioether (sulfide) groups is 1. The Morgan fingerprint density at radius 1 is 0.850 bits per heavy atom. The van der Waals surface area contributed by atoms with E-state index in [1.165, 1.54) is 81.9 Å². The molecule has 0 aromatic carbocycles. The van der Waals surface area contributed by atoms with Gasteiger partial charge in [0.05, 0.1) is 0 Å². The highest BCUT2D eigenvalue weighted by molar-refractivity contribution is 8.13. The van der Waals surface area contributed by atoms with E-state index in [9.17, 15) is 0 Å². The normalized spacial score (nSPS) is 15.8. The van der Waals surface area contributed by atoms with Crippen molar-refractivity contribution in [1.82, 2.24) is 0 Å². The zero-order valence-corrected chi connectivity index (χ0v) is 13.4. The lowest BCUT2D eigenvalue weighted by molar-refractivity contribution is 0.562. The molecule has 0 unspecified atom stereocenters. The Bertz CT molecular complexity index is 237. The van der Waals surface area contributed by atoms with Crippen molar-refractivity contribution in [3.63, 3.8) is 0 Å². The maximum absolute atomic E-state index is 7.11. The largest absolute Gasteiger partial charge is 0.379 e. The van der Waals surface area contributed by atoms with Crippen LogP contribution >= 0.6 is 11.8 Å². The van der Waals surface area contributed by atoms with Crippen LogP contribution in [0.25, 0.3) is 0 Å². The Kier molecular flexibility index (Phi) is 11.2. The fourth-order valence-corrected chi connectivity index (χ4v) is 3.00. The minimum absolute atomic E-state index is 0.256. The molecule has 2 nitrogen and oxygen atoms in total. The van der Waals surface area contributed by atoms with Crippen LogP contribution in [-0.4, -0.2) is 10.9 Å². The van der Waals surface area contributed by atoms with Gasteiger partial charge in [0, 0.05) is 5.75 Å². The molecule has 0 amide bonds. The number of hydrogen-bond acceptors (Lipinski definition) is 2. The molecule has 1 fully saturated rings. The summed E-state index contributed by atoms with van der Waals surface area (Å²) in [6, 6.07) is 0. The third-order valence-corrected chi connectivity index (χ3v) is 4.40. The minimum atomic E-state index is 0.256. The summed E-state index contributed by atoms with van der Waals surface area (Å²) in [7, 11) is 0. The van der Waals surface area contributed by atoms with Crippen molar-refractivity contribution in [3.05, 3.63) is 31.6 Å². The van der Waals surface area contributed by atoms with Crippen LogP contribution in [0.3, 0.4) is 0 Å². The van der Waals surface area contributed by atoms with Crippen LogP contribution in [0.15, 0.2) is 0 Å². The lowest BCUT2D eigenvalue weighted by atomic mass is 9.99. The molecule has 1 saturated carbocycles. The first kappa shape index (κ1) is 17.9. The molecule has 0 atom stereocenters.